The largest absolute Gasteiger partial charge is 0.411 e. The van der Waals surface area contributed by atoms with Crippen LogP contribution in [0.15, 0.2) is 5.11 Å². The van der Waals surface area contributed by atoms with E-state index in [-0.39, 0.29) is 13.2 Å². The molecule has 0 aliphatic heterocycles. The summed E-state index contributed by atoms with van der Waals surface area (Å²) < 4.78 is 38.5. The van der Waals surface area contributed by atoms with E-state index in [0.717, 1.165) is 0 Å². The Morgan fingerprint density at radius 3 is 2.58 bits per heavy atom. The van der Waals surface area contributed by atoms with Gasteiger partial charge in [0.25, 0.3) is 0 Å². The van der Waals surface area contributed by atoms with Crippen LogP contribution in [0.25, 0.3) is 10.4 Å². The fraction of sp³-hybridized carbons (Fsp3) is 1.00. The highest BCUT2D eigenvalue weighted by Gasteiger charge is 2.26. The number of hydrogen-bond acceptors (Lipinski definition) is 2. The van der Waals surface area contributed by atoms with Gasteiger partial charge in [-0.25, -0.2) is 0 Å². The molecule has 70 valence electrons. The van der Waals surface area contributed by atoms with E-state index in [4.69, 9.17) is 5.53 Å². The maximum absolute atomic E-state index is 11.4. The lowest BCUT2D eigenvalue weighted by Gasteiger charge is -2.05. The maximum Gasteiger partial charge on any atom is 0.411 e. The number of alkyl halides is 3. The molecule has 0 spiro atoms. The summed E-state index contributed by atoms with van der Waals surface area (Å²) in [4.78, 5) is 2.43. The zero-order valence-corrected chi connectivity index (χ0v) is 6.21. The summed E-state index contributed by atoms with van der Waals surface area (Å²) in [5.74, 6) is 0. The number of ether oxygens (including phenoxy) is 1. The van der Waals surface area contributed by atoms with Gasteiger partial charge in [-0.1, -0.05) is 5.11 Å². The molecule has 0 saturated carbocycles. The van der Waals surface area contributed by atoms with Crippen molar-refractivity contribution in [3.8, 4) is 0 Å². The van der Waals surface area contributed by atoms with E-state index in [2.05, 4.69) is 14.8 Å². The molecule has 0 bridgehead atoms. The van der Waals surface area contributed by atoms with E-state index in [1.54, 1.807) is 0 Å². The van der Waals surface area contributed by atoms with Gasteiger partial charge in [-0.2, -0.15) is 13.2 Å². The SMILES string of the molecule is [N-]=[N+]=NCCCOCC(F)(F)F. The minimum Gasteiger partial charge on any atom is -0.372 e. The van der Waals surface area contributed by atoms with Crippen LogP contribution in [0.1, 0.15) is 6.42 Å². The molecule has 0 aliphatic carbocycles. The Hall–Kier alpha value is -0.940. The van der Waals surface area contributed by atoms with Crippen molar-refractivity contribution in [2.45, 2.75) is 12.6 Å². The van der Waals surface area contributed by atoms with Crippen LogP contribution in [0.5, 0.6) is 0 Å². The molecule has 0 N–H and O–H groups in total. The molecular weight excluding hydrogens is 175 g/mol. The van der Waals surface area contributed by atoms with E-state index in [0.29, 0.717) is 6.42 Å². The van der Waals surface area contributed by atoms with Gasteiger partial charge in [0, 0.05) is 18.1 Å². The summed E-state index contributed by atoms with van der Waals surface area (Å²) >= 11 is 0. The molecule has 0 amide bonds. The first-order valence-electron chi connectivity index (χ1n) is 3.21. The topological polar surface area (TPSA) is 58.0 Å². The molecule has 0 aromatic carbocycles. The first kappa shape index (κ1) is 11.1. The van der Waals surface area contributed by atoms with Crippen LogP contribution in [-0.4, -0.2) is 25.9 Å². The lowest BCUT2D eigenvalue weighted by molar-refractivity contribution is -0.173. The second-order valence-electron chi connectivity index (χ2n) is 1.98. The number of rotatable bonds is 5. The van der Waals surface area contributed by atoms with Crippen LogP contribution < -0.4 is 0 Å². The molecule has 0 aromatic rings. The van der Waals surface area contributed by atoms with E-state index in [1.165, 1.54) is 0 Å². The third-order valence-electron chi connectivity index (χ3n) is 0.876. The molecule has 4 nitrogen and oxygen atoms in total. The summed E-state index contributed by atoms with van der Waals surface area (Å²) in [7, 11) is 0. The van der Waals surface area contributed by atoms with Crippen molar-refractivity contribution in [3.05, 3.63) is 10.4 Å². The fourth-order valence-corrected chi connectivity index (χ4v) is 0.470. The molecule has 0 heterocycles. The van der Waals surface area contributed by atoms with Crippen molar-refractivity contribution in [3.63, 3.8) is 0 Å². The van der Waals surface area contributed by atoms with Crippen LogP contribution >= 0.6 is 0 Å². The van der Waals surface area contributed by atoms with Crippen molar-refractivity contribution >= 4 is 0 Å². The lowest BCUT2D eigenvalue weighted by atomic mass is 10.5. The second-order valence-corrected chi connectivity index (χ2v) is 1.98. The highest BCUT2D eigenvalue weighted by molar-refractivity contribution is 4.48. The van der Waals surface area contributed by atoms with Crippen molar-refractivity contribution in [1.82, 2.24) is 0 Å². The molecule has 0 fully saturated rings. The quantitative estimate of drug-likeness (QED) is 0.279. The minimum absolute atomic E-state index is 0.0431. The third-order valence-corrected chi connectivity index (χ3v) is 0.876. The highest BCUT2D eigenvalue weighted by atomic mass is 19.4. The van der Waals surface area contributed by atoms with Crippen molar-refractivity contribution in [2.75, 3.05) is 19.8 Å². The number of halogens is 3. The maximum atomic E-state index is 11.4. The van der Waals surface area contributed by atoms with E-state index >= 15 is 0 Å². The first-order chi connectivity index (χ1) is 5.56. The highest BCUT2D eigenvalue weighted by Crippen LogP contribution is 2.14. The average Bonchev–Trinajstić information content (AvgIpc) is 1.94. The molecule has 0 radical (unpaired) electrons. The van der Waals surface area contributed by atoms with E-state index in [9.17, 15) is 13.2 Å². The Morgan fingerprint density at radius 2 is 2.08 bits per heavy atom. The van der Waals surface area contributed by atoms with Gasteiger partial charge in [0.05, 0.1) is 0 Å². The Kier molecular flexibility index (Phi) is 5.23. The van der Waals surface area contributed by atoms with Crippen molar-refractivity contribution < 1.29 is 17.9 Å². The summed E-state index contributed by atoms with van der Waals surface area (Å²) in [6.45, 7) is -1.13. The summed E-state index contributed by atoms with van der Waals surface area (Å²) in [5, 5.41) is 3.13. The smallest absolute Gasteiger partial charge is 0.372 e. The third kappa shape index (κ3) is 9.06. The van der Waals surface area contributed by atoms with Gasteiger partial charge in [-0.05, 0) is 12.0 Å². The van der Waals surface area contributed by atoms with Crippen molar-refractivity contribution in [1.29, 1.82) is 0 Å². The van der Waals surface area contributed by atoms with Crippen LogP contribution in [0.2, 0.25) is 0 Å². The number of hydrogen-bond donors (Lipinski definition) is 0. The molecule has 0 aliphatic rings. The van der Waals surface area contributed by atoms with Crippen LogP contribution in [0.3, 0.4) is 0 Å². The second kappa shape index (κ2) is 5.68. The number of nitrogens with zero attached hydrogens (tertiary/aromatic N) is 3. The molecule has 0 unspecified atom stereocenters. The summed E-state index contributed by atoms with van der Waals surface area (Å²) in [6.07, 6.45) is -3.97. The van der Waals surface area contributed by atoms with Gasteiger partial charge >= 0.3 is 6.18 Å². The lowest BCUT2D eigenvalue weighted by Crippen LogP contribution is -2.17. The van der Waals surface area contributed by atoms with Crippen LogP contribution in [0, 0.1) is 0 Å². The van der Waals surface area contributed by atoms with E-state index in [1.807, 2.05) is 0 Å². The Morgan fingerprint density at radius 1 is 1.42 bits per heavy atom. The zero-order chi connectivity index (χ0) is 9.45. The van der Waals surface area contributed by atoms with Gasteiger partial charge in [0.1, 0.15) is 6.61 Å². The van der Waals surface area contributed by atoms with Gasteiger partial charge < -0.3 is 4.74 Å². The normalized spacial score (nSPS) is 10.9. The predicted octanol–water partition coefficient (Wildman–Crippen LogP) is 2.27. The van der Waals surface area contributed by atoms with Gasteiger partial charge in [-0.15, -0.1) is 0 Å². The monoisotopic (exact) mass is 183 g/mol. The van der Waals surface area contributed by atoms with E-state index < -0.39 is 12.8 Å². The molecular formula is C5H8F3N3O. The summed E-state index contributed by atoms with van der Waals surface area (Å²) in [6, 6.07) is 0. The summed E-state index contributed by atoms with van der Waals surface area (Å²) in [5.41, 5.74) is 7.79. The van der Waals surface area contributed by atoms with Gasteiger partial charge in [0.2, 0.25) is 0 Å². The Balaban J connectivity index is 3.16. The first-order valence-corrected chi connectivity index (χ1v) is 3.21. The molecule has 0 rings (SSSR count). The van der Waals surface area contributed by atoms with Crippen LogP contribution in [0.4, 0.5) is 13.2 Å². The molecule has 0 saturated heterocycles. The molecule has 7 heteroatoms. The molecule has 12 heavy (non-hydrogen) atoms. The van der Waals surface area contributed by atoms with Gasteiger partial charge in [-0.3, -0.25) is 0 Å². The van der Waals surface area contributed by atoms with Crippen LogP contribution in [-0.2, 0) is 4.74 Å². The standard InChI is InChI=1S/C5H8F3N3O/c6-5(7,8)4-12-3-1-2-10-11-9/h1-4H2. The fourth-order valence-electron chi connectivity index (χ4n) is 0.470. The molecule has 0 atom stereocenters. The average molecular weight is 183 g/mol. The van der Waals surface area contributed by atoms with Crippen molar-refractivity contribution in [2.24, 2.45) is 5.11 Å². The van der Waals surface area contributed by atoms with Gasteiger partial charge in [0.15, 0.2) is 0 Å². The molecule has 0 aromatic heterocycles. The Labute approximate surface area is 66.9 Å². The minimum atomic E-state index is -4.28. The predicted molar refractivity (Wildman–Crippen MR) is 35.5 cm³/mol. The zero-order valence-electron chi connectivity index (χ0n) is 6.21. The number of azide groups is 1. The Bertz CT molecular complexity index is 164.